The first-order chi connectivity index (χ1) is 6.29. The Morgan fingerprint density at radius 2 is 2.54 bits per heavy atom. The standard InChI is InChI=1S/C7H8BrN3O2/c1-13-6-5(8)2-3-9-7(6)10-4-11-12/h2-4,12H,1H3,(H,9,10,11). The fourth-order valence-electron chi connectivity index (χ4n) is 0.785. The molecule has 0 spiro atoms. The second-order valence-corrected chi connectivity index (χ2v) is 2.89. The highest BCUT2D eigenvalue weighted by Crippen LogP contribution is 2.32. The van der Waals surface area contributed by atoms with Crippen molar-refractivity contribution in [3.63, 3.8) is 0 Å². The van der Waals surface area contributed by atoms with Gasteiger partial charge in [-0.05, 0) is 22.0 Å². The second kappa shape index (κ2) is 4.78. The van der Waals surface area contributed by atoms with Crippen LogP contribution >= 0.6 is 15.9 Å². The molecule has 0 aromatic carbocycles. The number of nitrogens with zero attached hydrogens (tertiary/aromatic N) is 2. The third kappa shape index (κ3) is 2.40. The molecule has 0 unspecified atom stereocenters. The van der Waals surface area contributed by atoms with Gasteiger partial charge in [0, 0.05) is 6.20 Å². The number of hydrogen-bond donors (Lipinski definition) is 2. The van der Waals surface area contributed by atoms with E-state index in [0.29, 0.717) is 11.6 Å². The van der Waals surface area contributed by atoms with Crippen LogP contribution in [0.5, 0.6) is 5.75 Å². The zero-order valence-corrected chi connectivity index (χ0v) is 8.45. The van der Waals surface area contributed by atoms with E-state index in [1.807, 2.05) is 0 Å². The molecule has 0 fully saturated rings. The first kappa shape index (κ1) is 9.94. The van der Waals surface area contributed by atoms with Crippen molar-refractivity contribution in [1.82, 2.24) is 10.5 Å². The minimum atomic E-state index is 0.387. The van der Waals surface area contributed by atoms with E-state index in [2.05, 4.69) is 25.9 Å². The van der Waals surface area contributed by atoms with Crippen LogP contribution in [0, 0.1) is 0 Å². The normalized spacial score (nSPS) is 10.4. The molecular formula is C7H8BrN3O2. The minimum Gasteiger partial charge on any atom is -0.492 e. The highest BCUT2D eigenvalue weighted by molar-refractivity contribution is 9.10. The Morgan fingerprint density at radius 3 is 3.15 bits per heavy atom. The van der Waals surface area contributed by atoms with Crippen LogP contribution in [0.1, 0.15) is 0 Å². The van der Waals surface area contributed by atoms with Gasteiger partial charge in [0.2, 0.25) is 0 Å². The summed E-state index contributed by atoms with van der Waals surface area (Å²) in [7, 11) is 1.52. The van der Waals surface area contributed by atoms with Crippen molar-refractivity contribution in [2.45, 2.75) is 0 Å². The molecule has 0 saturated carbocycles. The van der Waals surface area contributed by atoms with Crippen molar-refractivity contribution < 1.29 is 9.94 Å². The largest absolute Gasteiger partial charge is 0.492 e. The van der Waals surface area contributed by atoms with Crippen LogP contribution in [0.25, 0.3) is 0 Å². The number of aromatic nitrogens is 1. The second-order valence-electron chi connectivity index (χ2n) is 2.04. The average Bonchev–Trinajstić information content (AvgIpc) is 2.15. The number of ether oxygens (including phenoxy) is 1. The molecule has 1 heterocycles. The molecule has 13 heavy (non-hydrogen) atoms. The number of nitrogens with one attached hydrogen (secondary N) is 1. The van der Waals surface area contributed by atoms with Crippen molar-refractivity contribution in [3.8, 4) is 5.75 Å². The Balaban J connectivity index is 3.05. The lowest BCUT2D eigenvalue weighted by molar-refractivity contribution is 0.240. The highest BCUT2D eigenvalue weighted by atomic mass is 79.9. The average molecular weight is 246 g/mol. The maximum atomic E-state index is 8.28. The van der Waals surface area contributed by atoms with E-state index in [0.717, 1.165) is 10.8 Å². The number of rotatable bonds is 3. The fourth-order valence-corrected chi connectivity index (χ4v) is 1.24. The summed E-state index contributed by atoms with van der Waals surface area (Å²) >= 11 is 3.28. The molecule has 0 aliphatic rings. The number of pyridine rings is 1. The number of hydrogen-bond acceptors (Lipinski definition) is 4. The van der Waals surface area contributed by atoms with Crippen LogP contribution < -0.4 is 10.2 Å². The van der Waals surface area contributed by atoms with E-state index in [1.54, 1.807) is 17.7 Å². The van der Waals surface area contributed by atoms with E-state index in [1.165, 1.54) is 7.11 Å². The number of methoxy groups -OCH3 is 1. The van der Waals surface area contributed by atoms with Crippen LogP contribution in [-0.4, -0.2) is 23.6 Å². The Hall–Kier alpha value is -1.14. The van der Waals surface area contributed by atoms with E-state index < -0.39 is 0 Å². The summed E-state index contributed by atoms with van der Waals surface area (Å²) in [5, 5.41) is 8.28. The van der Waals surface area contributed by atoms with Gasteiger partial charge in [-0.25, -0.2) is 9.98 Å². The van der Waals surface area contributed by atoms with Crippen LogP contribution in [0.2, 0.25) is 0 Å². The molecule has 2 N–H and O–H groups in total. The third-order valence-electron chi connectivity index (χ3n) is 1.29. The number of aliphatic imine (C=N–C) groups is 1. The highest BCUT2D eigenvalue weighted by Gasteiger charge is 2.05. The molecule has 0 radical (unpaired) electrons. The van der Waals surface area contributed by atoms with Crippen molar-refractivity contribution in [2.75, 3.05) is 7.11 Å². The van der Waals surface area contributed by atoms with Gasteiger partial charge in [0.1, 0.15) is 6.34 Å². The number of halogens is 1. The smallest absolute Gasteiger partial charge is 0.197 e. The molecule has 1 aromatic heterocycles. The van der Waals surface area contributed by atoms with Crippen LogP contribution in [0.4, 0.5) is 5.82 Å². The molecule has 1 aromatic rings. The lowest BCUT2D eigenvalue weighted by Gasteiger charge is -2.04. The molecule has 0 amide bonds. The Labute approximate surface area is 83.6 Å². The summed E-state index contributed by atoms with van der Waals surface area (Å²) in [4.78, 5) is 7.75. The van der Waals surface area contributed by atoms with Gasteiger partial charge in [0.25, 0.3) is 0 Å². The minimum absolute atomic E-state index is 0.387. The molecule has 5 nitrogen and oxygen atoms in total. The van der Waals surface area contributed by atoms with Crippen molar-refractivity contribution in [2.24, 2.45) is 4.99 Å². The molecule has 0 atom stereocenters. The summed E-state index contributed by atoms with van der Waals surface area (Å²) in [6.07, 6.45) is 2.69. The molecular weight excluding hydrogens is 238 g/mol. The lowest BCUT2D eigenvalue weighted by Crippen LogP contribution is -2.01. The van der Waals surface area contributed by atoms with Gasteiger partial charge in [-0.15, -0.1) is 0 Å². The van der Waals surface area contributed by atoms with Gasteiger partial charge in [0.05, 0.1) is 11.6 Å². The first-order valence-corrected chi connectivity index (χ1v) is 4.19. The Morgan fingerprint density at radius 1 is 1.77 bits per heavy atom. The Kier molecular flexibility index (Phi) is 3.66. The van der Waals surface area contributed by atoms with Gasteiger partial charge < -0.3 is 4.74 Å². The summed E-state index contributed by atoms with van der Waals surface area (Å²) in [5.41, 5.74) is 1.78. The monoisotopic (exact) mass is 245 g/mol. The van der Waals surface area contributed by atoms with Gasteiger partial charge in [-0.2, -0.15) is 0 Å². The predicted molar refractivity (Wildman–Crippen MR) is 51.6 cm³/mol. The zero-order chi connectivity index (χ0) is 9.68. The van der Waals surface area contributed by atoms with E-state index >= 15 is 0 Å². The third-order valence-corrected chi connectivity index (χ3v) is 1.91. The summed E-state index contributed by atoms with van der Waals surface area (Å²) in [6.45, 7) is 0. The topological polar surface area (TPSA) is 66.7 Å². The maximum Gasteiger partial charge on any atom is 0.197 e. The molecule has 0 bridgehead atoms. The summed E-state index contributed by atoms with van der Waals surface area (Å²) in [5.74, 6) is 0.910. The van der Waals surface area contributed by atoms with E-state index in [-0.39, 0.29) is 0 Å². The number of hydroxylamine groups is 1. The molecule has 6 heteroatoms. The van der Waals surface area contributed by atoms with Crippen molar-refractivity contribution in [3.05, 3.63) is 16.7 Å². The molecule has 0 aliphatic carbocycles. The van der Waals surface area contributed by atoms with Crippen LogP contribution in [-0.2, 0) is 0 Å². The van der Waals surface area contributed by atoms with Gasteiger partial charge in [0.15, 0.2) is 11.6 Å². The summed E-state index contributed by atoms with van der Waals surface area (Å²) < 4.78 is 5.80. The molecule has 0 aliphatic heterocycles. The SMILES string of the molecule is COc1c(Br)ccnc1N=CNO. The predicted octanol–water partition coefficient (Wildman–Crippen LogP) is 1.49. The summed E-state index contributed by atoms with van der Waals surface area (Å²) in [6, 6.07) is 1.74. The Bertz CT molecular complexity index is 317. The van der Waals surface area contributed by atoms with Crippen LogP contribution in [0.3, 0.4) is 0 Å². The maximum absolute atomic E-state index is 8.28. The quantitative estimate of drug-likeness (QED) is 0.481. The van der Waals surface area contributed by atoms with Crippen molar-refractivity contribution in [1.29, 1.82) is 0 Å². The molecule has 0 saturated heterocycles. The van der Waals surface area contributed by atoms with E-state index in [4.69, 9.17) is 9.94 Å². The van der Waals surface area contributed by atoms with Gasteiger partial charge >= 0.3 is 0 Å². The molecule has 70 valence electrons. The van der Waals surface area contributed by atoms with Gasteiger partial charge in [-0.3, -0.25) is 10.7 Å². The van der Waals surface area contributed by atoms with Crippen LogP contribution in [0.15, 0.2) is 21.7 Å². The first-order valence-electron chi connectivity index (χ1n) is 3.40. The molecule has 1 rings (SSSR count). The van der Waals surface area contributed by atoms with Gasteiger partial charge in [-0.1, -0.05) is 0 Å². The zero-order valence-electron chi connectivity index (χ0n) is 6.86. The van der Waals surface area contributed by atoms with E-state index in [9.17, 15) is 0 Å². The fraction of sp³-hybridized carbons (Fsp3) is 0.143. The van der Waals surface area contributed by atoms with Crippen molar-refractivity contribution >= 4 is 28.1 Å². The lowest BCUT2D eigenvalue weighted by atomic mass is 10.4.